The normalized spacial score (nSPS) is 14.7. The minimum Gasteiger partial charge on any atom is -0.497 e. The molecule has 2 unspecified atom stereocenters. The predicted octanol–water partition coefficient (Wildman–Crippen LogP) is 8.71. The van der Waals surface area contributed by atoms with Crippen LogP contribution >= 0.6 is 23.1 Å². The Morgan fingerprint density at radius 3 is 2.46 bits per heavy atom. The Balaban J connectivity index is 1.33. The second-order valence-corrected chi connectivity index (χ2v) is 16.0. The van der Waals surface area contributed by atoms with Crippen molar-refractivity contribution in [3.63, 3.8) is 0 Å². The van der Waals surface area contributed by atoms with E-state index in [0.29, 0.717) is 51.2 Å². The molecule has 0 fully saturated rings. The number of methoxy groups -OCH3 is 2. The molecular weight excluding hydrogens is 693 g/mol. The molecule has 5 rings (SSSR count). The van der Waals surface area contributed by atoms with Crippen molar-refractivity contribution in [1.82, 2.24) is 5.32 Å². The van der Waals surface area contributed by atoms with Gasteiger partial charge >= 0.3 is 0 Å². The highest BCUT2D eigenvalue weighted by Gasteiger charge is 2.33. The Morgan fingerprint density at radius 1 is 1.02 bits per heavy atom. The van der Waals surface area contributed by atoms with Gasteiger partial charge in [-0.25, -0.2) is 0 Å². The third-order valence-corrected chi connectivity index (χ3v) is 11.7. The van der Waals surface area contributed by atoms with Crippen molar-refractivity contribution in [3.8, 4) is 17.6 Å². The average Bonchev–Trinajstić information content (AvgIpc) is 3.49. The van der Waals surface area contributed by atoms with Crippen LogP contribution in [0.1, 0.15) is 72.5 Å². The van der Waals surface area contributed by atoms with Crippen molar-refractivity contribution in [2.75, 3.05) is 24.9 Å². The van der Waals surface area contributed by atoms with Gasteiger partial charge in [0.2, 0.25) is 5.91 Å². The number of nitrogens with one attached hydrogen (secondary N) is 3. The molecule has 4 aromatic rings. The van der Waals surface area contributed by atoms with Gasteiger partial charge in [0.05, 0.1) is 25.0 Å². The summed E-state index contributed by atoms with van der Waals surface area (Å²) in [4.78, 5) is 42.6. The first-order valence-electron chi connectivity index (χ1n) is 17.2. The lowest BCUT2D eigenvalue weighted by Gasteiger charge is -2.33. The van der Waals surface area contributed by atoms with Crippen LogP contribution in [0.3, 0.4) is 0 Å². The molecular formula is C41H44N4O5S2. The monoisotopic (exact) mass is 736 g/mol. The number of thioether (sulfide) groups is 1. The summed E-state index contributed by atoms with van der Waals surface area (Å²) < 4.78 is 10.9. The van der Waals surface area contributed by atoms with Gasteiger partial charge in [0.15, 0.2) is 0 Å². The largest absolute Gasteiger partial charge is 0.497 e. The molecule has 11 heteroatoms. The summed E-state index contributed by atoms with van der Waals surface area (Å²) in [6.45, 7) is 8.72. The van der Waals surface area contributed by atoms with E-state index in [2.05, 4.69) is 42.8 Å². The summed E-state index contributed by atoms with van der Waals surface area (Å²) in [5, 5.41) is 19.0. The lowest BCUT2D eigenvalue weighted by Crippen LogP contribution is -2.30. The number of fused-ring (bicyclic) bond motifs is 1. The predicted molar refractivity (Wildman–Crippen MR) is 209 cm³/mol. The Morgan fingerprint density at radius 2 is 1.79 bits per heavy atom. The number of carbonyl (C=O) groups is 3. The van der Waals surface area contributed by atoms with Gasteiger partial charge in [-0.3, -0.25) is 14.4 Å². The smallest absolute Gasteiger partial charge is 0.272 e. The van der Waals surface area contributed by atoms with E-state index < -0.39 is 17.1 Å². The number of benzene rings is 3. The molecule has 3 N–H and O–H groups in total. The van der Waals surface area contributed by atoms with Gasteiger partial charge in [-0.2, -0.15) is 5.26 Å². The molecule has 270 valence electrons. The fourth-order valence-corrected chi connectivity index (χ4v) is 8.40. The van der Waals surface area contributed by atoms with Crippen molar-refractivity contribution >= 4 is 57.6 Å². The van der Waals surface area contributed by atoms with E-state index in [1.165, 1.54) is 48.3 Å². The van der Waals surface area contributed by atoms with Crippen molar-refractivity contribution in [2.24, 2.45) is 11.3 Å². The third-order valence-electron chi connectivity index (χ3n) is 9.14. The number of hydrogen-bond acceptors (Lipinski definition) is 8. The van der Waals surface area contributed by atoms with Crippen LogP contribution in [0.4, 0.5) is 10.7 Å². The number of amides is 3. The van der Waals surface area contributed by atoms with Gasteiger partial charge in [0.25, 0.3) is 11.8 Å². The fraction of sp³-hybridized carbons (Fsp3) is 0.317. The Bertz CT molecular complexity index is 2010. The number of thiophene rings is 1. The van der Waals surface area contributed by atoms with E-state index in [1.807, 2.05) is 13.0 Å². The van der Waals surface area contributed by atoms with Gasteiger partial charge in [0.1, 0.15) is 28.3 Å². The van der Waals surface area contributed by atoms with Crippen LogP contribution in [0, 0.1) is 22.7 Å². The maximum absolute atomic E-state index is 13.8. The lowest BCUT2D eigenvalue weighted by molar-refractivity contribution is -0.116. The molecule has 1 aliphatic carbocycles. The number of nitriles is 1. The first-order chi connectivity index (χ1) is 24.9. The van der Waals surface area contributed by atoms with E-state index in [4.69, 9.17) is 9.47 Å². The average molecular weight is 737 g/mol. The lowest BCUT2D eigenvalue weighted by atomic mass is 9.72. The molecule has 52 heavy (non-hydrogen) atoms. The minimum atomic E-state index is -0.555. The first kappa shape index (κ1) is 38.2. The first-order valence-corrected chi connectivity index (χ1v) is 18.9. The molecule has 3 aromatic carbocycles. The Hall–Kier alpha value is -5.05. The number of nitrogens with zero attached hydrogens (tertiary/aromatic N) is 1. The Labute approximate surface area is 313 Å². The molecule has 3 amide bonds. The summed E-state index contributed by atoms with van der Waals surface area (Å²) >= 11 is 2.91. The topological polar surface area (TPSA) is 130 Å². The third kappa shape index (κ3) is 9.24. The molecule has 1 aliphatic rings. The van der Waals surface area contributed by atoms with Crippen molar-refractivity contribution < 1.29 is 23.9 Å². The second-order valence-electron chi connectivity index (χ2n) is 13.6. The molecule has 0 spiro atoms. The van der Waals surface area contributed by atoms with Gasteiger partial charge in [-0.1, -0.05) is 52.0 Å². The molecule has 1 heterocycles. The number of carbonyl (C=O) groups excluding carboxylic acids is 3. The maximum Gasteiger partial charge on any atom is 0.272 e. The van der Waals surface area contributed by atoms with Gasteiger partial charge < -0.3 is 25.4 Å². The van der Waals surface area contributed by atoms with Crippen LogP contribution in [-0.4, -0.2) is 37.2 Å². The highest BCUT2D eigenvalue weighted by molar-refractivity contribution is 8.00. The van der Waals surface area contributed by atoms with Crippen LogP contribution in [-0.2, 0) is 22.4 Å². The SMILES string of the molecule is CCC(Sc1cccc(NC(=O)/C(=C\c2cc(OC)ccc2OC)NC(=O)c2ccccc2)c1)C(=O)Nc1sc2c(c1C#N)CCC(C(C)(C)C)C2. The van der Waals surface area contributed by atoms with Crippen LogP contribution in [0.25, 0.3) is 6.08 Å². The fourth-order valence-electron chi connectivity index (χ4n) is 6.11. The maximum atomic E-state index is 13.8. The van der Waals surface area contributed by atoms with Crippen molar-refractivity contribution in [3.05, 3.63) is 106 Å². The van der Waals surface area contributed by atoms with Crippen LogP contribution in [0.15, 0.2) is 83.4 Å². The van der Waals surface area contributed by atoms with Gasteiger partial charge in [0, 0.05) is 26.6 Å². The summed E-state index contributed by atoms with van der Waals surface area (Å²) in [6.07, 6.45) is 4.87. The minimum absolute atomic E-state index is 0.00922. The van der Waals surface area contributed by atoms with E-state index in [-0.39, 0.29) is 17.0 Å². The van der Waals surface area contributed by atoms with Crippen LogP contribution in [0.5, 0.6) is 11.5 Å². The second kappa shape index (κ2) is 17.0. The van der Waals surface area contributed by atoms with E-state index in [1.54, 1.807) is 66.7 Å². The highest BCUT2D eigenvalue weighted by atomic mass is 32.2. The van der Waals surface area contributed by atoms with E-state index in [0.717, 1.165) is 29.7 Å². The summed E-state index contributed by atoms with van der Waals surface area (Å²) in [6, 6.07) is 23.3. The zero-order chi connectivity index (χ0) is 37.4. The van der Waals surface area contributed by atoms with E-state index >= 15 is 0 Å². The standard InChI is InChI=1S/C41H44N4O5S2/c1-7-35(39(48)45-40-32(24-42)31-18-16-27(41(2,3)4)22-36(31)52-40)51-30-15-11-14-28(23-30)43-38(47)33(44-37(46)25-12-9-8-10-13-25)21-26-20-29(49-5)17-19-34(26)50-6/h8-15,17,19-21,23,27,35H,7,16,18,22H2,1-6H3,(H,43,47)(H,44,46)(H,45,48)/b33-21+. The molecule has 0 saturated carbocycles. The summed E-state index contributed by atoms with van der Waals surface area (Å²) in [7, 11) is 3.06. The van der Waals surface area contributed by atoms with Crippen LogP contribution in [0.2, 0.25) is 0 Å². The number of rotatable bonds is 12. The molecule has 9 nitrogen and oxygen atoms in total. The zero-order valence-electron chi connectivity index (χ0n) is 30.3. The molecule has 0 aliphatic heterocycles. The summed E-state index contributed by atoms with van der Waals surface area (Å²) in [5.74, 6) is 0.381. The van der Waals surface area contributed by atoms with Gasteiger partial charge in [-0.15, -0.1) is 23.1 Å². The Kier molecular flexibility index (Phi) is 12.5. The molecule has 0 bridgehead atoms. The molecule has 1 aromatic heterocycles. The molecule has 2 atom stereocenters. The van der Waals surface area contributed by atoms with Gasteiger partial charge in [-0.05, 0) is 97.2 Å². The number of ether oxygens (including phenoxy) is 2. The molecule has 0 saturated heterocycles. The van der Waals surface area contributed by atoms with E-state index in [9.17, 15) is 19.6 Å². The zero-order valence-corrected chi connectivity index (χ0v) is 31.9. The number of hydrogen-bond donors (Lipinski definition) is 3. The quantitative estimate of drug-likeness (QED) is 0.0980. The van der Waals surface area contributed by atoms with Crippen LogP contribution < -0.4 is 25.4 Å². The molecule has 0 radical (unpaired) electrons. The highest BCUT2D eigenvalue weighted by Crippen LogP contribution is 2.44. The van der Waals surface area contributed by atoms with Crippen molar-refractivity contribution in [2.45, 2.75) is 63.5 Å². The van der Waals surface area contributed by atoms with Crippen molar-refractivity contribution in [1.29, 1.82) is 5.26 Å². The number of anilines is 2. The summed E-state index contributed by atoms with van der Waals surface area (Å²) in [5.41, 5.74) is 3.22.